The van der Waals surface area contributed by atoms with E-state index in [1.54, 1.807) is 42.5 Å². The molecule has 3 rings (SSSR count). The highest BCUT2D eigenvalue weighted by molar-refractivity contribution is 5.92. The molecule has 0 saturated heterocycles. The number of hydrazone groups is 1. The third-order valence-corrected chi connectivity index (χ3v) is 5.34. The summed E-state index contributed by atoms with van der Waals surface area (Å²) in [6.07, 6.45) is 1.46. The first-order valence-corrected chi connectivity index (χ1v) is 12.0. The number of aryl methyl sites for hydroxylation is 1. The standard InChI is InChI=1S/C29H32N2O6/c1-6-35-23-11-9-22(10-12-23)29(33)37-25-14-8-21(16-27(25)34-5)17-30-31-28(32)18-36-26-15-20(4)7-13-24(26)19(2)3/h7-17,19H,6,18H2,1-5H3,(H,31,32)/b30-17+. The number of carbonyl (C=O) groups is 2. The molecule has 0 heterocycles. The topological polar surface area (TPSA) is 95.5 Å². The third kappa shape index (κ3) is 7.83. The van der Waals surface area contributed by atoms with Crippen molar-refractivity contribution in [2.24, 2.45) is 5.10 Å². The lowest BCUT2D eigenvalue weighted by atomic mass is 10.0. The molecule has 0 saturated carbocycles. The monoisotopic (exact) mass is 504 g/mol. The van der Waals surface area contributed by atoms with Gasteiger partial charge in [0, 0.05) is 0 Å². The van der Waals surface area contributed by atoms with Crippen LogP contribution < -0.4 is 24.4 Å². The van der Waals surface area contributed by atoms with Crippen molar-refractivity contribution in [1.29, 1.82) is 0 Å². The molecule has 37 heavy (non-hydrogen) atoms. The minimum Gasteiger partial charge on any atom is -0.494 e. The van der Waals surface area contributed by atoms with Crippen LogP contribution >= 0.6 is 0 Å². The Kier molecular flexibility index (Phi) is 9.66. The summed E-state index contributed by atoms with van der Waals surface area (Å²) in [5.74, 6) is 1.33. The molecule has 0 unspecified atom stereocenters. The predicted molar refractivity (Wildman–Crippen MR) is 142 cm³/mol. The summed E-state index contributed by atoms with van der Waals surface area (Å²) in [5, 5.41) is 3.99. The quantitative estimate of drug-likeness (QED) is 0.165. The second-order valence-corrected chi connectivity index (χ2v) is 8.54. The molecule has 0 aliphatic heterocycles. The van der Waals surface area contributed by atoms with Gasteiger partial charge in [-0.3, -0.25) is 4.79 Å². The molecular weight excluding hydrogens is 472 g/mol. The zero-order valence-electron chi connectivity index (χ0n) is 21.7. The smallest absolute Gasteiger partial charge is 0.343 e. The molecular formula is C29H32N2O6. The molecule has 0 radical (unpaired) electrons. The fraction of sp³-hybridized carbons (Fsp3) is 0.276. The maximum absolute atomic E-state index is 12.5. The van der Waals surface area contributed by atoms with Gasteiger partial charge in [-0.1, -0.05) is 26.0 Å². The highest BCUT2D eigenvalue weighted by Gasteiger charge is 2.13. The van der Waals surface area contributed by atoms with Crippen molar-refractivity contribution in [3.05, 3.63) is 82.9 Å². The van der Waals surface area contributed by atoms with Crippen molar-refractivity contribution in [1.82, 2.24) is 5.43 Å². The number of nitrogens with one attached hydrogen (secondary N) is 1. The van der Waals surface area contributed by atoms with Crippen LogP contribution in [0.1, 0.15) is 53.7 Å². The highest BCUT2D eigenvalue weighted by Crippen LogP contribution is 2.29. The van der Waals surface area contributed by atoms with Gasteiger partial charge in [0.1, 0.15) is 11.5 Å². The number of esters is 1. The van der Waals surface area contributed by atoms with Crippen molar-refractivity contribution in [3.8, 4) is 23.0 Å². The summed E-state index contributed by atoms with van der Waals surface area (Å²) in [6, 6.07) is 17.6. The van der Waals surface area contributed by atoms with Crippen molar-refractivity contribution in [3.63, 3.8) is 0 Å². The lowest BCUT2D eigenvalue weighted by Crippen LogP contribution is -2.25. The summed E-state index contributed by atoms with van der Waals surface area (Å²) in [7, 11) is 1.47. The minimum atomic E-state index is -0.524. The van der Waals surface area contributed by atoms with Crippen LogP contribution in [0.2, 0.25) is 0 Å². The Labute approximate surface area is 217 Å². The number of hydrogen-bond donors (Lipinski definition) is 1. The van der Waals surface area contributed by atoms with Crippen LogP contribution in [0.25, 0.3) is 0 Å². The fourth-order valence-corrected chi connectivity index (χ4v) is 3.46. The van der Waals surface area contributed by atoms with Gasteiger partial charge in [-0.15, -0.1) is 0 Å². The lowest BCUT2D eigenvalue weighted by molar-refractivity contribution is -0.123. The predicted octanol–water partition coefficient (Wildman–Crippen LogP) is 5.27. The molecule has 8 heteroatoms. The minimum absolute atomic E-state index is 0.162. The van der Waals surface area contributed by atoms with E-state index < -0.39 is 5.97 Å². The first-order valence-electron chi connectivity index (χ1n) is 12.0. The van der Waals surface area contributed by atoms with Crippen LogP contribution in [-0.2, 0) is 4.79 Å². The maximum atomic E-state index is 12.5. The van der Waals surface area contributed by atoms with Gasteiger partial charge in [0.05, 0.1) is 25.5 Å². The summed E-state index contributed by atoms with van der Waals surface area (Å²) in [4.78, 5) is 24.7. The SMILES string of the molecule is CCOc1ccc(C(=O)Oc2ccc(/C=N/NC(=O)COc3cc(C)ccc3C(C)C)cc2OC)cc1. The summed E-state index contributed by atoms with van der Waals surface area (Å²) < 4.78 is 22.0. The highest BCUT2D eigenvalue weighted by atomic mass is 16.6. The number of nitrogens with zero attached hydrogens (tertiary/aromatic N) is 1. The Bertz CT molecular complexity index is 1250. The Balaban J connectivity index is 1.57. The molecule has 8 nitrogen and oxygen atoms in total. The van der Waals surface area contributed by atoms with Crippen molar-refractivity contribution < 1.29 is 28.5 Å². The van der Waals surface area contributed by atoms with E-state index in [0.29, 0.717) is 35.0 Å². The van der Waals surface area contributed by atoms with Gasteiger partial charge < -0.3 is 18.9 Å². The summed E-state index contributed by atoms with van der Waals surface area (Å²) in [6.45, 7) is 8.39. The van der Waals surface area contributed by atoms with E-state index in [2.05, 4.69) is 24.4 Å². The molecule has 194 valence electrons. The second-order valence-electron chi connectivity index (χ2n) is 8.54. The van der Waals surface area contributed by atoms with E-state index >= 15 is 0 Å². The van der Waals surface area contributed by atoms with Crippen LogP contribution in [0.15, 0.2) is 65.8 Å². The van der Waals surface area contributed by atoms with E-state index in [4.69, 9.17) is 18.9 Å². The van der Waals surface area contributed by atoms with Crippen LogP contribution in [0, 0.1) is 6.92 Å². The van der Waals surface area contributed by atoms with Crippen molar-refractivity contribution in [2.45, 2.75) is 33.6 Å². The average molecular weight is 505 g/mol. The molecule has 0 bridgehead atoms. The molecule has 3 aromatic carbocycles. The number of hydrogen-bond acceptors (Lipinski definition) is 7. The van der Waals surface area contributed by atoms with E-state index in [1.807, 2.05) is 32.0 Å². The zero-order chi connectivity index (χ0) is 26.8. The number of amides is 1. The molecule has 0 aliphatic rings. The van der Waals surface area contributed by atoms with Gasteiger partial charge in [-0.05, 0) is 85.0 Å². The number of benzene rings is 3. The van der Waals surface area contributed by atoms with E-state index in [-0.39, 0.29) is 24.2 Å². The van der Waals surface area contributed by atoms with Crippen LogP contribution in [0.5, 0.6) is 23.0 Å². The number of ether oxygens (including phenoxy) is 4. The molecule has 0 atom stereocenters. The first kappa shape index (κ1) is 27.3. The summed E-state index contributed by atoms with van der Waals surface area (Å²) >= 11 is 0. The lowest BCUT2D eigenvalue weighted by Gasteiger charge is -2.14. The number of methoxy groups -OCH3 is 1. The van der Waals surface area contributed by atoms with Crippen molar-refractivity contribution >= 4 is 18.1 Å². The van der Waals surface area contributed by atoms with Gasteiger partial charge in [-0.25, -0.2) is 10.2 Å². The molecule has 0 fully saturated rings. The van der Waals surface area contributed by atoms with Gasteiger partial charge in [0.25, 0.3) is 5.91 Å². The molecule has 0 aromatic heterocycles. The molecule has 1 amide bonds. The molecule has 3 aromatic rings. The van der Waals surface area contributed by atoms with Crippen LogP contribution in [-0.4, -0.2) is 38.4 Å². The Morgan fingerprint density at radius 2 is 1.70 bits per heavy atom. The Morgan fingerprint density at radius 1 is 0.946 bits per heavy atom. The Morgan fingerprint density at radius 3 is 2.38 bits per heavy atom. The second kappa shape index (κ2) is 13.1. The zero-order valence-corrected chi connectivity index (χ0v) is 21.7. The molecule has 1 N–H and O–H groups in total. The fourth-order valence-electron chi connectivity index (χ4n) is 3.46. The van der Waals surface area contributed by atoms with E-state index in [1.165, 1.54) is 13.3 Å². The average Bonchev–Trinajstić information content (AvgIpc) is 2.88. The normalized spacial score (nSPS) is 10.9. The first-order chi connectivity index (χ1) is 17.8. The third-order valence-electron chi connectivity index (χ3n) is 5.34. The van der Waals surface area contributed by atoms with Crippen molar-refractivity contribution in [2.75, 3.05) is 20.3 Å². The Hall–Kier alpha value is -4.33. The van der Waals surface area contributed by atoms with Gasteiger partial charge >= 0.3 is 5.97 Å². The number of rotatable bonds is 11. The van der Waals surface area contributed by atoms with Gasteiger partial charge in [-0.2, -0.15) is 5.10 Å². The van der Waals surface area contributed by atoms with Crippen LogP contribution in [0.3, 0.4) is 0 Å². The van der Waals surface area contributed by atoms with E-state index in [9.17, 15) is 9.59 Å². The van der Waals surface area contributed by atoms with E-state index in [0.717, 1.165) is 11.1 Å². The molecule has 0 spiro atoms. The van der Waals surface area contributed by atoms with Gasteiger partial charge in [0.2, 0.25) is 0 Å². The maximum Gasteiger partial charge on any atom is 0.343 e. The number of carbonyl (C=O) groups excluding carboxylic acids is 2. The molecule has 0 aliphatic carbocycles. The van der Waals surface area contributed by atoms with Gasteiger partial charge in [0.15, 0.2) is 18.1 Å². The van der Waals surface area contributed by atoms with Crippen LogP contribution in [0.4, 0.5) is 0 Å². The summed E-state index contributed by atoms with van der Waals surface area (Å²) in [5.41, 5.74) is 5.57. The largest absolute Gasteiger partial charge is 0.494 e.